The van der Waals surface area contributed by atoms with Gasteiger partial charge >= 0.3 is 17.9 Å². The zero-order valence-electron chi connectivity index (χ0n) is 48.5. The molecule has 1 aromatic heterocycles. The van der Waals surface area contributed by atoms with Crippen LogP contribution >= 0.6 is 11.3 Å². The van der Waals surface area contributed by atoms with E-state index in [-0.39, 0.29) is 40.5 Å². The first-order valence-electron chi connectivity index (χ1n) is 27.9. The van der Waals surface area contributed by atoms with Crippen molar-refractivity contribution in [1.82, 2.24) is 0 Å². The molecule has 0 spiro atoms. The Morgan fingerprint density at radius 2 is 0.692 bits per heavy atom. The lowest BCUT2D eigenvalue weighted by Crippen LogP contribution is -2.14. The highest BCUT2D eigenvalue weighted by molar-refractivity contribution is 7.95. The van der Waals surface area contributed by atoms with Crippen molar-refractivity contribution >= 4 is 86.2 Å². The molecule has 0 amide bonds. The standard InChI is InChI=1S/C25H21NO6S3.C22H21NO4S.C21H18FNO4S/c27-25(28)22-12-6-4-8-18(22)14-15-19-9-5-7-13-23(19)26-35(31,32)24-16-21(17-33-24)34(29,30)20-10-2-1-3-11-20;1-16-7-6-10-19(15-16)28(26,27)23-21-12-5-3-9-18(21)14-13-17-8-2-4-11-20(17)22(24)25;22-17-8-5-9-18(14-17)28(26,27)23-20-11-4-2-7-16(20)13-12-15-6-1-3-10-19(15)21(24)25/h1-13,16-17,26H,14-15H2,(H,27,28);2-12,15,23H,13-14H2,1H3,(H,24,25);1-11,14,23H,12-13H2,(H,24,25). The van der Waals surface area contributed by atoms with Gasteiger partial charge in [0, 0.05) is 5.38 Å². The van der Waals surface area contributed by atoms with Crippen LogP contribution in [0.3, 0.4) is 0 Å². The molecule has 0 aliphatic heterocycles. The molecule has 1 heterocycles. The van der Waals surface area contributed by atoms with Gasteiger partial charge in [-0.3, -0.25) is 14.2 Å². The lowest BCUT2D eigenvalue weighted by molar-refractivity contribution is 0.0684. The van der Waals surface area contributed by atoms with Crippen LogP contribution in [0.1, 0.15) is 70.0 Å². The number of rotatable bonds is 23. The lowest BCUT2D eigenvalue weighted by atomic mass is 9.99. The topological polar surface area (TPSA) is 285 Å². The number of sulfonamides is 3. The second kappa shape index (κ2) is 30.2. The molecule has 17 nitrogen and oxygen atoms in total. The molecule has 0 atom stereocenters. The smallest absolute Gasteiger partial charge is 0.335 e. The van der Waals surface area contributed by atoms with Crippen LogP contribution in [-0.2, 0) is 78.4 Å². The van der Waals surface area contributed by atoms with Crippen molar-refractivity contribution in [2.24, 2.45) is 0 Å². The molecule has 23 heteroatoms. The third-order valence-electron chi connectivity index (χ3n) is 14.1. The number of benzene rings is 9. The van der Waals surface area contributed by atoms with Crippen molar-refractivity contribution in [3.05, 3.63) is 297 Å². The van der Waals surface area contributed by atoms with Gasteiger partial charge in [-0.2, -0.15) is 0 Å². The van der Waals surface area contributed by atoms with E-state index in [1.54, 1.807) is 158 Å². The van der Waals surface area contributed by atoms with E-state index in [0.717, 1.165) is 34.6 Å². The Morgan fingerprint density at radius 1 is 0.363 bits per heavy atom. The Kier molecular flexibility index (Phi) is 22.3. The molecular formula is C68H60FN3O14S5. The van der Waals surface area contributed by atoms with Crippen molar-refractivity contribution in [2.45, 2.75) is 69.2 Å². The summed E-state index contributed by atoms with van der Waals surface area (Å²) in [5.74, 6) is -3.63. The number of halogens is 1. The fourth-order valence-corrected chi connectivity index (χ4v) is 15.8. The Labute approximate surface area is 531 Å². The molecule has 0 saturated heterocycles. The maximum Gasteiger partial charge on any atom is 0.335 e. The molecule has 91 heavy (non-hydrogen) atoms. The normalized spacial score (nSPS) is 11.4. The van der Waals surface area contributed by atoms with Gasteiger partial charge in [0.1, 0.15) is 10.0 Å². The number of thiophene rings is 1. The maximum absolute atomic E-state index is 13.4. The number of para-hydroxylation sites is 3. The number of aryl methyl sites for hydroxylation is 7. The van der Waals surface area contributed by atoms with Crippen molar-refractivity contribution in [1.29, 1.82) is 0 Å². The molecule has 0 radical (unpaired) electrons. The van der Waals surface area contributed by atoms with Crippen LogP contribution in [-0.4, -0.2) is 66.9 Å². The molecule has 10 rings (SSSR count). The van der Waals surface area contributed by atoms with Crippen LogP contribution in [0.4, 0.5) is 21.5 Å². The summed E-state index contributed by atoms with van der Waals surface area (Å²) in [6, 6.07) is 61.5. The fourth-order valence-electron chi connectivity index (χ4n) is 9.50. The van der Waals surface area contributed by atoms with Gasteiger partial charge in [-0.05, 0) is 169 Å². The van der Waals surface area contributed by atoms with Crippen molar-refractivity contribution in [3.63, 3.8) is 0 Å². The molecule has 0 unspecified atom stereocenters. The number of sulfone groups is 1. The number of nitrogens with one attached hydrogen (secondary N) is 3. The number of hydrogen-bond donors (Lipinski definition) is 6. The zero-order valence-corrected chi connectivity index (χ0v) is 52.6. The van der Waals surface area contributed by atoms with Crippen LogP contribution in [0.2, 0.25) is 0 Å². The van der Waals surface area contributed by atoms with E-state index in [1.807, 2.05) is 25.1 Å². The number of carboxylic acids is 3. The maximum atomic E-state index is 13.4. The Bertz CT molecular complexity index is 4560. The molecule has 10 aromatic rings. The Balaban J connectivity index is 0.000000178. The highest BCUT2D eigenvalue weighted by atomic mass is 32.2. The van der Waals surface area contributed by atoms with E-state index in [4.69, 9.17) is 0 Å². The molecule has 6 N–H and O–H groups in total. The Hall–Kier alpha value is -9.78. The van der Waals surface area contributed by atoms with Gasteiger partial charge in [0.2, 0.25) is 9.84 Å². The van der Waals surface area contributed by atoms with Gasteiger partial charge in [0.05, 0.1) is 53.3 Å². The fraction of sp³-hybridized carbons (Fsp3) is 0.103. The molecule has 0 aliphatic rings. The summed E-state index contributed by atoms with van der Waals surface area (Å²) in [5.41, 5.74) is 7.00. The SMILES string of the molecule is Cc1cccc(S(=O)(=O)Nc2ccccc2CCc2ccccc2C(=O)O)c1.O=C(O)c1ccccc1CCc1ccccc1NS(=O)(=O)c1cc(S(=O)(=O)c2ccccc2)cs1.O=C(O)c1ccccc1CCc1ccccc1NS(=O)(=O)c1cccc(F)c1. The first-order valence-corrected chi connectivity index (χ1v) is 34.7. The summed E-state index contributed by atoms with van der Waals surface area (Å²) in [5, 5.41) is 29.3. The highest BCUT2D eigenvalue weighted by Crippen LogP contribution is 2.31. The van der Waals surface area contributed by atoms with E-state index in [9.17, 15) is 67.8 Å². The largest absolute Gasteiger partial charge is 0.478 e. The summed E-state index contributed by atoms with van der Waals surface area (Å²) in [7, 11) is -15.5. The predicted octanol–water partition coefficient (Wildman–Crippen LogP) is 13.3. The number of carboxylic acid groups (broad SMARTS) is 3. The number of hydrogen-bond acceptors (Lipinski definition) is 12. The minimum Gasteiger partial charge on any atom is -0.478 e. The van der Waals surface area contributed by atoms with Crippen molar-refractivity contribution < 1.29 is 67.8 Å². The zero-order chi connectivity index (χ0) is 65.3. The van der Waals surface area contributed by atoms with Crippen LogP contribution in [0.15, 0.2) is 260 Å². The van der Waals surface area contributed by atoms with E-state index in [2.05, 4.69) is 14.2 Å². The van der Waals surface area contributed by atoms with E-state index < -0.39 is 63.6 Å². The molecule has 468 valence electrons. The quantitative estimate of drug-likeness (QED) is 0.0347. The molecule has 9 aromatic carbocycles. The molecule has 0 bridgehead atoms. The summed E-state index contributed by atoms with van der Waals surface area (Å²) in [6.45, 7) is 1.84. The van der Waals surface area contributed by atoms with Gasteiger partial charge in [-0.25, -0.2) is 52.4 Å². The highest BCUT2D eigenvalue weighted by Gasteiger charge is 2.26. The van der Waals surface area contributed by atoms with Gasteiger partial charge < -0.3 is 15.3 Å². The van der Waals surface area contributed by atoms with Crippen LogP contribution in [0.5, 0.6) is 0 Å². The summed E-state index contributed by atoms with van der Waals surface area (Å²) < 4.78 is 123. The van der Waals surface area contributed by atoms with E-state index in [1.165, 1.54) is 47.8 Å². The number of anilines is 3. The van der Waals surface area contributed by atoms with Crippen molar-refractivity contribution in [2.75, 3.05) is 14.2 Å². The van der Waals surface area contributed by atoms with Crippen molar-refractivity contribution in [3.8, 4) is 0 Å². The predicted molar refractivity (Wildman–Crippen MR) is 348 cm³/mol. The van der Waals surface area contributed by atoms with Gasteiger partial charge in [0.25, 0.3) is 30.1 Å². The third kappa shape index (κ3) is 18.0. The first kappa shape index (κ1) is 67.2. The minimum atomic E-state index is -4.05. The molecule has 0 aliphatic carbocycles. The molecular weight excluding hydrogens is 1260 g/mol. The second-order valence-electron chi connectivity index (χ2n) is 20.4. The lowest BCUT2D eigenvalue weighted by Gasteiger charge is -2.13. The second-order valence-corrected chi connectivity index (χ2v) is 28.5. The summed E-state index contributed by atoms with van der Waals surface area (Å²) in [6.07, 6.45) is 2.68. The van der Waals surface area contributed by atoms with Gasteiger partial charge in [-0.15, -0.1) is 11.3 Å². The van der Waals surface area contributed by atoms with Crippen LogP contribution in [0.25, 0.3) is 0 Å². The van der Waals surface area contributed by atoms with E-state index >= 15 is 0 Å². The third-order valence-corrected chi connectivity index (χ3v) is 21.5. The first-order chi connectivity index (χ1) is 43.4. The monoisotopic (exact) mass is 1320 g/mol. The molecule has 0 saturated carbocycles. The summed E-state index contributed by atoms with van der Waals surface area (Å²) in [4.78, 5) is 34.2. The van der Waals surface area contributed by atoms with Gasteiger partial charge in [0.15, 0.2) is 0 Å². The summed E-state index contributed by atoms with van der Waals surface area (Å²) >= 11 is 0.824. The van der Waals surface area contributed by atoms with Gasteiger partial charge in [-0.1, -0.05) is 146 Å². The average molecular weight is 1320 g/mol. The van der Waals surface area contributed by atoms with E-state index in [0.29, 0.717) is 83.4 Å². The average Bonchev–Trinajstić information content (AvgIpc) is 1.78. The molecule has 0 fully saturated rings. The van der Waals surface area contributed by atoms with Crippen LogP contribution in [0, 0.1) is 12.7 Å². The van der Waals surface area contributed by atoms with Crippen LogP contribution < -0.4 is 14.2 Å². The minimum absolute atomic E-state index is 0.0849. The Morgan fingerprint density at radius 3 is 1.09 bits per heavy atom. The number of carbonyl (C=O) groups is 3. The number of aromatic carboxylic acids is 3.